The van der Waals surface area contributed by atoms with Crippen molar-refractivity contribution in [3.8, 4) is 11.3 Å². The Morgan fingerprint density at radius 2 is 1.96 bits per heavy atom. The van der Waals surface area contributed by atoms with Crippen molar-refractivity contribution in [1.82, 2.24) is 0 Å². The van der Waals surface area contributed by atoms with Crippen LogP contribution in [-0.2, 0) is 14.3 Å². The molecule has 1 N–H and O–H groups in total. The first-order valence-corrected chi connectivity index (χ1v) is 9.69. The highest BCUT2D eigenvalue weighted by Gasteiger charge is 2.24. The smallest absolute Gasteiger partial charge is 0.348 e. The van der Waals surface area contributed by atoms with Crippen molar-refractivity contribution in [3.63, 3.8) is 0 Å². The molecule has 0 aliphatic rings. The van der Waals surface area contributed by atoms with Crippen LogP contribution in [0, 0.1) is 0 Å². The van der Waals surface area contributed by atoms with E-state index < -0.39 is 24.5 Å². The number of amides is 1. The molecule has 0 atom stereocenters. The second kappa shape index (κ2) is 8.65. The molecule has 0 saturated carbocycles. The van der Waals surface area contributed by atoms with E-state index in [-0.39, 0.29) is 12.2 Å². The summed E-state index contributed by atoms with van der Waals surface area (Å²) in [5.41, 5.74) is 0.726. The molecular weight excluding hydrogens is 390 g/mol. The summed E-state index contributed by atoms with van der Waals surface area (Å²) in [6.45, 7) is 1.42. The number of nitrogens with one attached hydrogen (secondary N) is 1. The molecule has 0 bridgehead atoms. The van der Waals surface area contributed by atoms with E-state index in [4.69, 9.17) is 13.9 Å². The van der Waals surface area contributed by atoms with Gasteiger partial charge in [0.05, 0.1) is 12.9 Å². The lowest BCUT2D eigenvalue weighted by Gasteiger charge is -2.08. The number of rotatable bonds is 7. The Kier molecular flexibility index (Phi) is 6.05. The zero-order valence-electron chi connectivity index (χ0n) is 14.2. The number of esters is 2. The van der Waals surface area contributed by atoms with Gasteiger partial charge in [0.1, 0.15) is 21.2 Å². The Bertz CT molecular complexity index is 927. The third-order valence-corrected chi connectivity index (χ3v) is 5.11. The first-order valence-electron chi connectivity index (χ1n) is 7.93. The molecule has 7 nitrogen and oxygen atoms in total. The molecule has 9 heteroatoms. The first kappa shape index (κ1) is 18.9. The lowest BCUT2D eigenvalue weighted by Crippen LogP contribution is -2.21. The largest absolute Gasteiger partial charge is 0.464 e. The quantitative estimate of drug-likeness (QED) is 0.596. The Morgan fingerprint density at radius 1 is 1.11 bits per heavy atom. The summed E-state index contributed by atoms with van der Waals surface area (Å²) in [6, 6.07) is 6.73. The molecule has 0 saturated heterocycles. The van der Waals surface area contributed by atoms with Gasteiger partial charge in [-0.3, -0.25) is 4.79 Å². The van der Waals surface area contributed by atoms with Gasteiger partial charge in [-0.15, -0.1) is 22.7 Å². The summed E-state index contributed by atoms with van der Waals surface area (Å²) < 4.78 is 15.4. The Hall–Kier alpha value is -2.91. The topological polar surface area (TPSA) is 94.8 Å². The SMILES string of the molecule is CCOC(=O)c1c(-c2ccco2)csc1NC(=O)COC(=O)c1cccs1. The number of ether oxygens (including phenoxy) is 2. The Morgan fingerprint density at radius 3 is 2.63 bits per heavy atom. The highest BCUT2D eigenvalue weighted by molar-refractivity contribution is 7.15. The van der Waals surface area contributed by atoms with Crippen LogP contribution in [0.4, 0.5) is 5.00 Å². The van der Waals surface area contributed by atoms with Gasteiger partial charge in [-0.2, -0.15) is 0 Å². The van der Waals surface area contributed by atoms with Crippen molar-refractivity contribution in [3.05, 3.63) is 51.7 Å². The molecule has 0 aliphatic carbocycles. The van der Waals surface area contributed by atoms with Gasteiger partial charge in [-0.25, -0.2) is 9.59 Å². The monoisotopic (exact) mass is 405 g/mol. The fourth-order valence-corrected chi connectivity index (χ4v) is 3.80. The summed E-state index contributed by atoms with van der Waals surface area (Å²) in [6.07, 6.45) is 1.49. The van der Waals surface area contributed by atoms with Crippen LogP contribution < -0.4 is 5.32 Å². The van der Waals surface area contributed by atoms with Crippen molar-refractivity contribution in [2.75, 3.05) is 18.5 Å². The third kappa shape index (κ3) is 4.44. The van der Waals surface area contributed by atoms with Crippen LogP contribution in [0.3, 0.4) is 0 Å². The molecule has 1 amide bonds. The average molecular weight is 405 g/mol. The van der Waals surface area contributed by atoms with Crippen LogP contribution in [0.15, 0.2) is 45.7 Å². The average Bonchev–Trinajstić information content (AvgIpc) is 3.40. The first-order chi connectivity index (χ1) is 13.1. The maximum absolute atomic E-state index is 12.4. The molecule has 0 spiro atoms. The minimum absolute atomic E-state index is 0.193. The molecule has 0 fully saturated rings. The number of thiophene rings is 2. The molecule has 0 aliphatic heterocycles. The maximum atomic E-state index is 12.4. The second-order valence-electron chi connectivity index (χ2n) is 5.15. The molecule has 0 radical (unpaired) electrons. The van der Waals surface area contributed by atoms with E-state index in [0.717, 1.165) is 11.3 Å². The number of carbonyl (C=O) groups is 3. The van der Waals surface area contributed by atoms with E-state index in [2.05, 4.69) is 5.32 Å². The second-order valence-corrected chi connectivity index (χ2v) is 6.98. The van der Waals surface area contributed by atoms with Gasteiger partial charge in [-0.05, 0) is 30.5 Å². The van der Waals surface area contributed by atoms with Crippen LogP contribution >= 0.6 is 22.7 Å². The molecule has 27 heavy (non-hydrogen) atoms. The summed E-state index contributed by atoms with van der Waals surface area (Å²) in [4.78, 5) is 36.7. The highest BCUT2D eigenvalue weighted by Crippen LogP contribution is 2.36. The summed E-state index contributed by atoms with van der Waals surface area (Å²) >= 11 is 2.38. The minimum Gasteiger partial charge on any atom is -0.464 e. The number of furan rings is 1. The maximum Gasteiger partial charge on any atom is 0.348 e. The van der Waals surface area contributed by atoms with Crippen molar-refractivity contribution >= 4 is 45.5 Å². The van der Waals surface area contributed by atoms with Crippen molar-refractivity contribution in [1.29, 1.82) is 0 Å². The van der Waals surface area contributed by atoms with Gasteiger partial charge in [0.25, 0.3) is 5.91 Å². The Labute approximate surface area is 162 Å². The molecule has 0 unspecified atom stereocenters. The fourth-order valence-electron chi connectivity index (χ4n) is 2.23. The summed E-state index contributed by atoms with van der Waals surface area (Å²) in [5.74, 6) is -1.22. The lowest BCUT2D eigenvalue weighted by atomic mass is 10.1. The molecular formula is C18H15NO6S2. The molecule has 140 valence electrons. The van der Waals surface area contributed by atoms with Gasteiger partial charge in [-0.1, -0.05) is 6.07 Å². The molecule has 3 rings (SSSR count). The Balaban J connectivity index is 1.73. The van der Waals surface area contributed by atoms with E-state index in [0.29, 0.717) is 21.2 Å². The van der Waals surface area contributed by atoms with Gasteiger partial charge < -0.3 is 19.2 Å². The molecule has 0 aromatic carbocycles. The number of hydrogen-bond acceptors (Lipinski definition) is 8. The zero-order valence-corrected chi connectivity index (χ0v) is 15.9. The van der Waals surface area contributed by atoms with Gasteiger partial charge in [0.2, 0.25) is 0 Å². The number of hydrogen-bond donors (Lipinski definition) is 1. The van der Waals surface area contributed by atoms with Crippen molar-refractivity contribution < 1.29 is 28.3 Å². The summed E-state index contributed by atoms with van der Waals surface area (Å²) in [7, 11) is 0. The van der Waals surface area contributed by atoms with Crippen molar-refractivity contribution in [2.24, 2.45) is 0 Å². The third-order valence-electron chi connectivity index (χ3n) is 3.37. The van der Waals surface area contributed by atoms with Crippen LogP contribution in [-0.4, -0.2) is 31.1 Å². The van der Waals surface area contributed by atoms with Crippen LogP contribution in [0.25, 0.3) is 11.3 Å². The van der Waals surface area contributed by atoms with E-state index >= 15 is 0 Å². The predicted octanol–water partition coefficient (Wildman–Crippen LogP) is 4.04. The van der Waals surface area contributed by atoms with Crippen LogP contribution in [0.5, 0.6) is 0 Å². The van der Waals surface area contributed by atoms with Crippen LogP contribution in [0.1, 0.15) is 27.0 Å². The van der Waals surface area contributed by atoms with Crippen molar-refractivity contribution in [2.45, 2.75) is 6.92 Å². The number of anilines is 1. The predicted molar refractivity (Wildman–Crippen MR) is 101 cm³/mol. The fraction of sp³-hybridized carbons (Fsp3) is 0.167. The van der Waals surface area contributed by atoms with E-state index in [1.165, 1.54) is 17.6 Å². The molecule has 3 aromatic rings. The lowest BCUT2D eigenvalue weighted by molar-refractivity contribution is -0.119. The zero-order chi connectivity index (χ0) is 19.2. The van der Waals surface area contributed by atoms with Gasteiger partial charge >= 0.3 is 11.9 Å². The summed E-state index contributed by atoms with van der Waals surface area (Å²) in [5, 5.41) is 6.33. The molecule has 3 heterocycles. The van der Waals surface area contributed by atoms with Crippen LogP contribution in [0.2, 0.25) is 0 Å². The normalized spacial score (nSPS) is 10.4. The van der Waals surface area contributed by atoms with E-state index in [9.17, 15) is 14.4 Å². The van der Waals surface area contributed by atoms with Gasteiger partial charge in [0.15, 0.2) is 6.61 Å². The molecule has 3 aromatic heterocycles. The van der Waals surface area contributed by atoms with Gasteiger partial charge in [0, 0.05) is 10.9 Å². The van der Waals surface area contributed by atoms with E-state index in [1.54, 1.807) is 41.9 Å². The number of carbonyl (C=O) groups excluding carboxylic acids is 3. The minimum atomic E-state index is -0.576. The standard InChI is InChI=1S/C18H15NO6S2/c1-2-23-18(22)15-11(12-5-3-7-24-12)10-27-16(15)19-14(20)9-25-17(21)13-6-4-8-26-13/h3-8,10H,2,9H2,1H3,(H,19,20). The highest BCUT2D eigenvalue weighted by atomic mass is 32.1. The van der Waals surface area contributed by atoms with E-state index in [1.807, 2.05) is 0 Å².